The van der Waals surface area contributed by atoms with E-state index in [1.165, 1.54) is 12.1 Å². The number of hydrogen-bond donors (Lipinski definition) is 0. The molecule has 2 atom stereocenters. The molecular formula is C22H27FN2O2. The van der Waals surface area contributed by atoms with Crippen LogP contribution in [0.25, 0.3) is 0 Å². The van der Waals surface area contributed by atoms with Crippen LogP contribution < -0.4 is 4.74 Å². The average Bonchev–Trinajstić information content (AvgIpc) is 2.68. The van der Waals surface area contributed by atoms with Gasteiger partial charge in [0.15, 0.2) is 0 Å². The molecule has 2 aromatic carbocycles. The number of methoxy groups -OCH3 is 1. The summed E-state index contributed by atoms with van der Waals surface area (Å²) < 4.78 is 18.4. The lowest BCUT2D eigenvalue weighted by Crippen LogP contribution is -2.49. The van der Waals surface area contributed by atoms with Crippen molar-refractivity contribution in [2.45, 2.75) is 25.3 Å². The monoisotopic (exact) mass is 370 g/mol. The van der Waals surface area contributed by atoms with Crippen molar-refractivity contribution in [3.63, 3.8) is 0 Å². The van der Waals surface area contributed by atoms with Gasteiger partial charge in [-0.15, -0.1) is 0 Å². The van der Waals surface area contributed by atoms with Crippen molar-refractivity contribution in [2.24, 2.45) is 0 Å². The summed E-state index contributed by atoms with van der Waals surface area (Å²) in [6.45, 7) is 4.24. The lowest BCUT2D eigenvalue weighted by molar-refractivity contribution is -0.134. The van der Waals surface area contributed by atoms with Gasteiger partial charge >= 0.3 is 0 Å². The first-order valence-electron chi connectivity index (χ1n) is 9.35. The molecule has 3 rings (SSSR count). The smallest absolute Gasteiger partial charge is 0.223 e. The molecule has 0 aromatic heterocycles. The normalized spacial score (nSPS) is 19.0. The lowest BCUT2D eigenvalue weighted by atomic mass is 9.96. The molecule has 0 aliphatic carbocycles. The van der Waals surface area contributed by atoms with Crippen LogP contribution in [0.3, 0.4) is 0 Å². The average molecular weight is 370 g/mol. The largest absolute Gasteiger partial charge is 0.497 e. The summed E-state index contributed by atoms with van der Waals surface area (Å²) >= 11 is 0. The molecule has 144 valence electrons. The summed E-state index contributed by atoms with van der Waals surface area (Å²) in [5.41, 5.74) is 2.14. The highest BCUT2D eigenvalue weighted by Crippen LogP contribution is 2.28. The Balaban J connectivity index is 1.67. The van der Waals surface area contributed by atoms with Gasteiger partial charge in [0.1, 0.15) is 11.6 Å². The number of hydrogen-bond acceptors (Lipinski definition) is 3. The first-order chi connectivity index (χ1) is 13.0. The molecule has 2 aromatic rings. The van der Waals surface area contributed by atoms with Crippen LogP contribution >= 0.6 is 0 Å². The van der Waals surface area contributed by atoms with Crippen molar-refractivity contribution < 1.29 is 13.9 Å². The van der Waals surface area contributed by atoms with Gasteiger partial charge in [-0.25, -0.2) is 4.39 Å². The van der Waals surface area contributed by atoms with Gasteiger partial charge in [-0.3, -0.25) is 9.69 Å². The van der Waals surface area contributed by atoms with Crippen LogP contribution in [-0.2, 0) is 4.79 Å². The molecule has 1 aliphatic heterocycles. The van der Waals surface area contributed by atoms with Gasteiger partial charge < -0.3 is 9.64 Å². The molecule has 2 unspecified atom stereocenters. The van der Waals surface area contributed by atoms with E-state index in [-0.39, 0.29) is 23.7 Å². The Labute approximate surface area is 160 Å². The van der Waals surface area contributed by atoms with E-state index in [0.717, 1.165) is 30.0 Å². The molecule has 0 spiro atoms. The zero-order valence-corrected chi connectivity index (χ0v) is 16.2. The number of halogens is 1. The summed E-state index contributed by atoms with van der Waals surface area (Å²) in [7, 11) is 3.75. The fourth-order valence-electron chi connectivity index (χ4n) is 3.61. The maximum absolute atomic E-state index is 13.1. The molecule has 1 amide bonds. The van der Waals surface area contributed by atoms with Crippen LogP contribution in [0.2, 0.25) is 0 Å². The minimum Gasteiger partial charge on any atom is -0.497 e. The number of piperazine rings is 1. The summed E-state index contributed by atoms with van der Waals surface area (Å²) in [5.74, 6) is 0.785. The first kappa shape index (κ1) is 19.4. The highest BCUT2D eigenvalue weighted by Gasteiger charge is 2.29. The third kappa shape index (κ3) is 4.66. The standard InChI is InChI=1S/C22H27FN2O2/c1-16(17-7-9-19(23)10-8-17)13-22(26)25-12-11-24(2)21(15-25)18-5-4-6-20(14-18)27-3/h4-10,14,16,21H,11-13,15H2,1-3H3. The van der Waals surface area contributed by atoms with Gasteiger partial charge in [-0.2, -0.15) is 0 Å². The highest BCUT2D eigenvalue weighted by atomic mass is 19.1. The molecule has 0 N–H and O–H groups in total. The Morgan fingerprint density at radius 2 is 1.96 bits per heavy atom. The fraction of sp³-hybridized carbons (Fsp3) is 0.409. The van der Waals surface area contributed by atoms with Crippen LogP contribution in [0.4, 0.5) is 4.39 Å². The Kier molecular flexibility index (Phi) is 6.11. The molecule has 1 aliphatic rings. The number of carbonyl (C=O) groups is 1. The van der Waals surface area contributed by atoms with Crippen LogP contribution in [-0.4, -0.2) is 49.5 Å². The molecule has 0 radical (unpaired) electrons. The SMILES string of the molecule is COc1cccc(C2CN(C(=O)CC(C)c3ccc(F)cc3)CCN2C)c1. The molecule has 1 heterocycles. The van der Waals surface area contributed by atoms with Gasteiger partial charge in [0.05, 0.1) is 13.2 Å². The lowest BCUT2D eigenvalue weighted by Gasteiger charge is -2.40. The predicted octanol–water partition coefficient (Wildman–Crippen LogP) is 3.84. The van der Waals surface area contributed by atoms with E-state index in [1.807, 2.05) is 30.0 Å². The van der Waals surface area contributed by atoms with E-state index < -0.39 is 0 Å². The molecule has 0 saturated carbocycles. The molecule has 27 heavy (non-hydrogen) atoms. The van der Waals surface area contributed by atoms with Gasteiger partial charge in [-0.1, -0.05) is 31.2 Å². The number of rotatable bonds is 5. The zero-order chi connectivity index (χ0) is 19.4. The van der Waals surface area contributed by atoms with E-state index in [1.54, 1.807) is 19.2 Å². The Morgan fingerprint density at radius 1 is 1.22 bits per heavy atom. The van der Waals surface area contributed by atoms with E-state index in [9.17, 15) is 9.18 Å². The van der Waals surface area contributed by atoms with Gasteiger partial charge in [0.2, 0.25) is 5.91 Å². The van der Waals surface area contributed by atoms with Gasteiger partial charge in [-0.05, 0) is 48.4 Å². The van der Waals surface area contributed by atoms with E-state index in [0.29, 0.717) is 13.0 Å². The third-order valence-electron chi connectivity index (χ3n) is 5.40. The van der Waals surface area contributed by atoms with Crippen LogP contribution in [0.15, 0.2) is 48.5 Å². The molecule has 1 fully saturated rings. The maximum Gasteiger partial charge on any atom is 0.223 e. The van der Waals surface area contributed by atoms with Crippen molar-refractivity contribution in [3.05, 3.63) is 65.5 Å². The number of ether oxygens (including phenoxy) is 1. The van der Waals surface area contributed by atoms with E-state index >= 15 is 0 Å². The van der Waals surface area contributed by atoms with Crippen molar-refractivity contribution in [1.29, 1.82) is 0 Å². The summed E-state index contributed by atoms with van der Waals surface area (Å²) in [6, 6.07) is 14.6. The van der Waals surface area contributed by atoms with Crippen LogP contribution in [0.5, 0.6) is 5.75 Å². The van der Waals surface area contributed by atoms with Crippen molar-refractivity contribution in [2.75, 3.05) is 33.8 Å². The fourth-order valence-corrected chi connectivity index (χ4v) is 3.61. The zero-order valence-electron chi connectivity index (χ0n) is 16.2. The highest BCUT2D eigenvalue weighted by molar-refractivity contribution is 5.77. The molecule has 4 nitrogen and oxygen atoms in total. The molecule has 5 heteroatoms. The quantitative estimate of drug-likeness (QED) is 0.802. The van der Waals surface area contributed by atoms with E-state index in [4.69, 9.17) is 4.74 Å². The van der Waals surface area contributed by atoms with Crippen LogP contribution in [0, 0.1) is 5.82 Å². The predicted molar refractivity (Wildman–Crippen MR) is 104 cm³/mol. The summed E-state index contributed by atoms with van der Waals surface area (Å²) in [5, 5.41) is 0. The van der Waals surface area contributed by atoms with Gasteiger partial charge in [0.25, 0.3) is 0 Å². The number of nitrogens with zero attached hydrogens (tertiary/aromatic N) is 2. The summed E-state index contributed by atoms with van der Waals surface area (Å²) in [4.78, 5) is 17.1. The number of amides is 1. The van der Waals surface area contributed by atoms with E-state index in [2.05, 4.69) is 18.0 Å². The van der Waals surface area contributed by atoms with Gasteiger partial charge in [0, 0.05) is 26.1 Å². The minimum atomic E-state index is -0.252. The first-order valence-corrected chi connectivity index (χ1v) is 9.35. The topological polar surface area (TPSA) is 32.8 Å². The number of likely N-dealkylation sites (N-methyl/N-ethyl adjacent to an activating group) is 1. The Morgan fingerprint density at radius 3 is 2.67 bits per heavy atom. The third-order valence-corrected chi connectivity index (χ3v) is 5.40. The maximum atomic E-state index is 13.1. The van der Waals surface area contributed by atoms with Crippen molar-refractivity contribution in [3.8, 4) is 5.75 Å². The molecular weight excluding hydrogens is 343 g/mol. The molecule has 0 bridgehead atoms. The molecule has 1 saturated heterocycles. The van der Waals surface area contributed by atoms with Crippen molar-refractivity contribution >= 4 is 5.91 Å². The minimum absolute atomic E-state index is 0.0630. The second kappa shape index (κ2) is 8.53. The second-order valence-electron chi connectivity index (χ2n) is 7.27. The summed E-state index contributed by atoms with van der Waals surface area (Å²) in [6.07, 6.45) is 0.431. The van der Waals surface area contributed by atoms with Crippen molar-refractivity contribution in [1.82, 2.24) is 9.80 Å². The Bertz CT molecular complexity index is 778. The number of benzene rings is 2. The Hall–Kier alpha value is -2.40. The second-order valence-corrected chi connectivity index (χ2v) is 7.27. The number of carbonyl (C=O) groups excluding carboxylic acids is 1. The van der Waals surface area contributed by atoms with Crippen LogP contribution in [0.1, 0.15) is 36.4 Å².